The highest BCUT2D eigenvalue weighted by Gasteiger charge is 2.31. The smallest absolute Gasteiger partial charge is 0.328 e. The predicted octanol–water partition coefficient (Wildman–Crippen LogP) is 1.34. The van der Waals surface area contributed by atoms with Gasteiger partial charge in [-0.25, -0.2) is 9.78 Å². The van der Waals surface area contributed by atoms with Crippen LogP contribution in [0.25, 0.3) is 0 Å². The van der Waals surface area contributed by atoms with Crippen LogP contribution in [0.5, 0.6) is 0 Å². The topological polar surface area (TPSA) is 47.4 Å². The maximum Gasteiger partial charge on any atom is 0.328 e. The van der Waals surface area contributed by atoms with Crippen molar-refractivity contribution < 1.29 is 9.53 Å². The number of carbonyl (C=O) groups is 1. The molecule has 94 valence electrons. The number of aromatic nitrogens is 2. The third-order valence-electron chi connectivity index (χ3n) is 3.11. The van der Waals surface area contributed by atoms with Crippen LogP contribution in [-0.2, 0) is 16.6 Å². The zero-order chi connectivity index (χ0) is 12.3. The lowest BCUT2D eigenvalue weighted by atomic mass is 10.0. The fourth-order valence-electron chi connectivity index (χ4n) is 2.29. The lowest BCUT2D eigenvalue weighted by Gasteiger charge is -2.34. The minimum Gasteiger partial charge on any atom is -0.464 e. The first kappa shape index (κ1) is 12.0. The van der Waals surface area contributed by atoms with Crippen molar-refractivity contribution in [1.29, 1.82) is 0 Å². The molecule has 0 spiro atoms. The molecule has 1 aliphatic heterocycles. The first-order valence-electron chi connectivity index (χ1n) is 6.14. The van der Waals surface area contributed by atoms with Crippen molar-refractivity contribution >= 4 is 11.9 Å². The molecule has 17 heavy (non-hydrogen) atoms. The first-order chi connectivity index (χ1) is 8.24. The summed E-state index contributed by atoms with van der Waals surface area (Å²) < 4.78 is 7.07. The molecule has 0 bridgehead atoms. The Morgan fingerprint density at radius 1 is 1.59 bits per heavy atom. The van der Waals surface area contributed by atoms with Crippen molar-refractivity contribution in [2.45, 2.75) is 32.2 Å². The lowest BCUT2D eigenvalue weighted by molar-refractivity contribution is -0.145. The van der Waals surface area contributed by atoms with Crippen LogP contribution in [0.2, 0.25) is 0 Å². The quantitative estimate of drug-likeness (QED) is 0.744. The van der Waals surface area contributed by atoms with E-state index in [4.69, 9.17) is 4.74 Å². The van der Waals surface area contributed by atoms with Crippen LogP contribution < -0.4 is 4.90 Å². The summed E-state index contributed by atoms with van der Waals surface area (Å²) in [4.78, 5) is 18.3. The Balaban J connectivity index is 2.18. The number of aryl methyl sites for hydroxylation is 1. The van der Waals surface area contributed by atoms with E-state index >= 15 is 0 Å². The molecule has 1 atom stereocenters. The van der Waals surface area contributed by atoms with Crippen molar-refractivity contribution in [3.8, 4) is 0 Å². The third kappa shape index (κ3) is 2.43. The summed E-state index contributed by atoms with van der Waals surface area (Å²) in [5.41, 5.74) is 0. The van der Waals surface area contributed by atoms with E-state index < -0.39 is 0 Å². The number of esters is 1. The van der Waals surface area contributed by atoms with Crippen molar-refractivity contribution in [3.63, 3.8) is 0 Å². The molecular formula is C12H19N3O2. The Morgan fingerprint density at radius 2 is 2.41 bits per heavy atom. The molecule has 0 radical (unpaired) electrons. The molecule has 1 fully saturated rings. The molecule has 0 saturated carbocycles. The Kier molecular flexibility index (Phi) is 3.66. The highest BCUT2D eigenvalue weighted by atomic mass is 16.5. The number of imidazole rings is 1. The summed E-state index contributed by atoms with van der Waals surface area (Å²) in [7, 11) is 1.94. The lowest BCUT2D eigenvalue weighted by Crippen LogP contribution is -2.46. The number of hydrogen-bond donors (Lipinski definition) is 0. The third-order valence-corrected chi connectivity index (χ3v) is 3.11. The van der Waals surface area contributed by atoms with Gasteiger partial charge in [-0.2, -0.15) is 0 Å². The molecule has 1 aromatic heterocycles. The molecule has 5 heteroatoms. The molecule has 1 saturated heterocycles. The second-order valence-electron chi connectivity index (χ2n) is 4.30. The molecule has 1 unspecified atom stereocenters. The normalized spacial score (nSPS) is 20.4. The maximum absolute atomic E-state index is 11.9. The van der Waals surface area contributed by atoms with Gasteiger partial charge in [0.1, 0.15) is 6.04 Å². The number of rotatable bonds is 3. The largest absolute Gasteiger partial charge is 0.464 e. The van der Waals surface area contributed by atoms with E-state index in [1.807, 2.05) is 24.7 Å². The summed E-state index contributed by atoms with van der Waals surface area (Å²) in [6.07, 6.45) is 6.68. The molecule has 1 aromatic rings. The molecule has 0 aromatic carbocycles. The van der Waals surface area contributed by atoms with Crippen molar-refractivity contribution in [1.82, 2.24) is 9.55 Å². The fraction of sp³-hybridized carbons (Fsp3) is 0.667. The molecule has 0 N–H and O–H groups in total. The Hall–Kier alpha value is -1.52. The number of nitrogens with zero attached hydrogens (tertiary/aromatic N) is 3. The molecular weight excluding hydrogens is 218 g/mol. The van der Waals surface area contributed by atoms with Crippen molar-refractivity contribution in [2.24, 2.45) is 7.05 Å². The summed E-state index contributed by atoms with van der Waals surface area (Å²) in [6.45, 7) is 3.14. The second-order valence-corrected chi connectivity index (χ2v) is 4.30. The SMILES string of the molecule is CCOC(=O)C1CCCCN1c1nccn1C. The highest BCUT2D eigenvalue weighted by Crippen LogP contribution is 2.23. The van der Waals surface area contributed by atoms with Gasteiger partial charge in [-0.15, -0.1) is 0 Å². The fourth-order valence-corrected chi connectivity index (χ4v) is 2.29. The van der Waals surface area contributed by atoms with Gasteiger partial charge in [0.2, 0.25) is 5.95 Å². The molecule has 2 heterocycles. The Bertz CT molecular complexity index is 389. The van der Waals surface area contributed by atoms with Crippen LogP contribution in [0.3, 0.4) is 0 Å². The predicted molar refractivity (Wildman–Crippen MR) is 64.8 cm³/mol. The standard InChI is InChI=1S/C12H19N3O2/c1-3-17-11(16)10-6-4-5-8-15(10)12-13-7-9-14(12)2/h7,9-10H,3-6,8H2,1-2H3. The van der Waals surface area contributed by atoms with Crippen molar-refractivity contribution in [3.05, 3.63) is 12.4 Å². The molecule has 0 aliphatic carbocycles. The molecule has 2 rings (SSSR count). The van der Waals surface area contributed by atoms with Crippen molar-refractivity contribution in [2.75, 3.05) is 18.1 Å². The van der Waals surface area contributed by atoms with Crippen LogP contribution in [0.4, 0.5) is 5.95 Å². The zero-order valence-electron chi connectivity index (χ0n) is 10.4. The minimum atomic E-state index is -0.176. The zero-order valence-corrected chi connectivity index (χ0v) is 10.4. The second kappa shape index (κ2) is 5.21. The highest BCUT2D eigenvalue weighted by molar-refractivity contribution is 5.79. The number of piperidine rings is 1. The minimum absolute atomic E-state index is 0.129. The average molecular weight is 237 g/mol. The molecule has 1 aliphatic rings. The number of hydrogen-bond acceptors (Lipinski definition) is 4. The van der Waals surface area contributed by atoms with Gasteiger partial charge in [0, 0.05) is 26.0 Å². The van der Waals surface area contributed by atoms with Crippen LogP contribution in [0, 0.1) is 0 Å². The maximum atomic E-state index is 11.9. The van der Waals surface area contributed by atoms with Gasteiger partial charge in [-0.05, 0) is 26.2 Å². The van der Waals surface area contributed by atoms with Crippen LogP contribution in [-0.4, -0.2) is 34.7 Å². The number of anilines is 1. The van der Waals surface area contributed by atoms with Gasteiger partial charge in [0.25, 0.3) is 0 Å². The van der Waals surface area contributed by atoms with Gasteiger partial charge >= 0.3 is 5.97 Å². The molecule has 0 amide bonds. The van der Waals surface area contributed by atoms with E-state index in [1.54, 1.807) is 6.20 Å². The summed E-state index contributed by atoms with van der Waals surface area (Å²) in [5, 5.41) is 0. The summed E-state index contributed by atoms with van der Waals surface area (Å²) >= 11 is 0. The van der Waals surface area contributed by atoms with E-state index in [1.165, 1.54) is 0 Å². The Morgan fingerprint density at radius 3 is 3.06 bits per heavy atom. The average Bonchev–Trinajstić information content (AvgIpc) is 2.76. The summed E-state index contributed by atoms with van der Waals surface area (Å²) in [5.74, 6) is 0.720. The van der Waals surface area contributed by atoms with Gasteiger partial charge in [0.15, 0.2) is 0 Å². The van der Waals surface area contributed by atoms with E-state index in [2.05, 4.69) is 9.88 Å². The number of carbonyl (C=O) groups excluding carboxylic acids is 1. The van der Waals surface area contributed by atoms with Gasteiger partial charge in [-0.1, -0.05) is 0 Å². The van der Waals surface area contributed by atoms with Crippen LogP contribution >= 0.6 is 0 Å². The van der Waals surface area contributed by atoms with E-state index in [-0.39, 0.29) is 12.0 Å². The summed E-state index contributed by atoms with van der Waals surface area (Å²) in [6, 6.07) is -0.176. The van der Waals surface area contributed by atoms with Gasteiger partial charge in [-0.3, -0.25) is 0 Å². The van der Waals surface area contributed by atoms with Gasteiger partial charge in [0.05, 0.1) is 6.61 Å². The first-order valence-corrected chi connectivity index (χ1v) is 6.14. The van der Waals surface area contributed by atoms with E-state index in [0.29, 0.717) is 6.61 Å². The molecule has 5 nitrogen and oxygen atoms in total. The monoisotopic (exact) mass is 237 g/mol. The van der Waals surface area contributed by atoms with Crippen LogP contribution in [0.15, 0.2) is 12.4 Å². The van der Waals surface area contributed by atoms with E-state index in [9.17, 15) is 4.79 Å². The number of ether oxygens (including phenoxy) is 1. The Labute approximate surface area is 101 Å². The van der Waals surface area contributed by atoms with E-state index in [0.717, 1.165) is 31.8 Å². The van der Waals surface area contributed by atoms with Gasteiger partial charge < -0.3 is 14.2 Å². The van der Waals surface area contributed by atoms with Crippen LogP contribution in [0.1, 0.15) is 26.2 Å².